The van der Waals surface area contributed by atoms with Crippen LogP contribution in [0, 0.1) is 10.1 Å². The molecule has 1 fully saturated rings. The molecule has 1 heterocycles. The van der Waals surface area contributed by atoms with Gasteiger partial charge in [-0.2, -0.15) is 13.2 Å². The summed E-state index contributed by atoms with van der Waals surface area (Å²) in [4.78, 5) is 14.9. The van der Waals surface area contributed by atoms with Gasteiger partial charge >= 0.3 is 11.9 Å². The summed E-state index contributed by atoms with van der Waals surface area (Å²) in [6.07, 6.45) is -1.99. The van der Waals surface area contributed by atoms with Crippen LogP contribution in [-0.4, -0.2) is 28.7 Å². The Morgan fingerprint density at radius 3 is 2.63 bits per heavy atom. The lowest BCUT2D eigenvalue weighted by molar-refractivity contribution is -0.384. The highest BCUT2D eigenvalue weighted by atomic mass is 79.9. The molecule has 1 saturated carbocycles. The van der Waals surface area contributed by atoms with E-state index >= 15 is 0 Å². The third kappa shape index (κ3) is 3.55. The van der Waals surface area contributed by atoms with E-state index in [0.29, 0.717) is 17.3 Å². The number of anilines is 1. The molecule has 1 aromatic rings. The second kappa shape index (κ2) is 4.95. The van der Waals surface area contributed by atoms with Crippen molar-refractivity contribution in [1.29, 1.82) is 0 Å². The second-order valence-electron chi connectivity index (χ2n) is 4.23. The van der Waals surface area contributed by atoms with E-state index in [9.17, 15) is 23.3 Å². The van der Waals surface area contributed by atoms with Gasteiger partial charge in [0.25, 0.3) is 0 Å². The Labute approximate surface area is 114 Å². The first-order valence-electron chi connectivity index (χ1n) is 5.41. The van der Waals surface area contributed by atoms with Crippen molar-refractivity contribution in [2.75, 3.05) is 11.4 Å². The smallest absolute Gasteiger partial charge is 0.339 e. The van der Waals surface area contributed by atoms with Gasteiger partial charge in [-0.25, -0.2) is 4.98 Å². The maximum absolute atomic E-state index is 12.5. The molecule has 0 N–H and O–H groups in total. The average molecular weight is 340 g/mol. The fraction of sp³-hybridized carbons (Fsp3) is 0.500. The maximum Gasteiger partial charge on any atom is 0.405 e. The van der Waals surface area contributed by atoms with Gasteiger partial charge in [0.2, 0.25) is 5.82 Å². The van der Waals surface area contributed by atoms with Crippen molar-refractivity contribution < 1.29 is 18.1 Å². The first-order chi connectivity index (χ1) is 8.78. The second-order valence-corrected chi connectivity index (χ2v) is 5.14. The minimum atomic E-state index is -4.43. The summed E-state index contributed by atoms with van der Waals surface area (Å²) >= 11 is 3.02. The van der Waals surface area contributed by atoms with E-state index in [4.69, 9.17) is 0 Å². The molecule has 0 aromatic carbocycles. The van der Waals surface area contributed by atoms with Crippen LogP contribution in [0.15, 0.2) is 16.7 Å². The molecule has 0 bridgehead atoms. The standard InChI is InChI=1S/C10H9BrF3N3O2/c11-6-3-8(17(18)19)9(15-4-6)16(7-1-2-7)5-10(12,13)14/h3-4,7H,1-2,5H2. The van der Waals surface area contributed by atoms with E-state index in [-0.39, 0.29) is 11.9 Å². The molecular formula is C10H9BrF3N3O2. The number of halogens is 4. The Morgan fingerprint density at radius 2 is 2.16 bits per heavy atom. The van der Waals surface area contributed by atoms with Crippen LogP contribution in [0.3, 0.4) is 0 Å². The van der Waals surface area contributed by atoms with Gasteiger partial charge in [0.1, 0.15) is 6.54 Å². The lowest BCUT2D eigenvalue weighted by Crippen LogP contribution is -2.36. The topological polar surface area (TPSA) is 59.3 Å². The Hall–Kier alpha value is -1.38. The van der Waals surface area contributed by atoms with Crippen molar-refractivity contribution in [1.82, 2.24) is 4.98 Å². The molecule has 9 heteroatoms. The zero-order valence-electron chi connectivity index (χ0n) is 9.52. The zero-order chi connectivity index (χ0) is 14.2. The van der Waals surface area contributed by atoms with E-state index in [2.05, 4.69) is 20.9 Å². The molecule has 19 heavy (non-hydrogen) atoms. The molecule has 0 aliphatic heterocycles. The number of aromatic nitrogens is 1. The van der Waals surface area contributed by atoms with Gasteiger partial charge in [-0.05, 0) is 28.8 Å². The van der Waals surface area contributed by atoms with E-state index in [1.165, 1.54) is 6.20 Å². The minimum Gasteiger partial charge on any atom is -0.339 e. The van der Waals surface area contributed by atoms with E-state index < -0.39 is 23.3 Å². The molecule has 0 saturated heterocycles. The van der Waals surface area contributed by atoms with Crippen LogP contribution in [0.1, 0.15) is 12.8 Å². The Morgan fingerprint density at radius 1 is 1.53 bits per heavy atom. The van der Waals surface area contributed by atoms with Gasteiger partial charge < -0.3 is 4.90 Å². The quantitative estimate of drug-likeness (QED) is 0.623. The Bertz CT molecular complexity index is 505. The van der Waals surface area contributed by atoms with Crippen molar-refractivity contribution in [3.63, 3.8) is 0 Å². The average Bonchev–Trinajstić information content (AvgIpc) is 3.08. The number of hydrogen-bond donors (Lipinski definition) is 0. The van der Waals surface area contributed by atoms with Gasteiger partial charge in [-0.15, -0.1) is 0 Å². The zero-order valence-corrected chi connectivity index (χ0v) is 11.1. The van der Waals surface area contributed by atoms with Crippen LogP contribution in [0.4, 0.5) is 24.7 Å². The van der Waals surface area contributed by atoms with Crippen molar-refractivity contribution in [2.24, 2.45) is 0 Å². The largest absolute Gasteiger partial charge is 0.405 e. The molecule has 104 valence electrons. The van der Waals surface area contributed by atoms with Gasteiger partial charge in [0.05, 0.1) is 4.92 Å². The molecule has 1 aliphatic carbocycles. The van der Waals surface area contributed by atoms with Gasteiger partial charge in [-0.3, -0.25) is 10.1 Å². The highest BCUT2D eigenvalue weighted by molar-refractivity contribution is 9.10. The van der Waals surface area contributed by atoms with Crippen LogP contribution >= 0.6 is 15.9 Å². The van der Waals surface area contributed by atoms with Gasteiger partial charge in [0, 0.05) is 22.8 Å². The van der Waals surface area contributed by atoms with Crippen molar-refractivity contribution in [3.05, 3.63) is 26.9 Å². The van der Waals surface area contributed by atoms with Crippen LogP contribution in [0.25, 0.3) is 0 Å². The van der Waals surface area contributed by atoms with Crippen molar-refractivity contribution >= 4 is 27.4 Å². The summed E-state index contributed by atoms with van der Waals surface area (Å²) in [5.74, 6) is -0.229. The molecule has 1 aromatic heterocycles. The van der Waals surface area contributed by atoms with Crippen molar-refractivity contribution in [2.45, 2.75) is 25.1 Å². The Balaban J connectivity index is 2.39. The van der Waals surface area contributed by atoms with Gasteiger partial charge in [0.15, 0.2) is 0 Å². The number of nitrogens with zero attached hydrogens (tertiary/aromatic N) is 3. The summed E-state index contributed by atoms with van der Waals surface area (Å²) < 4.78 is 38.0. The number of nitro groups is 1. The summed E-state index contributed by atoms with van der Waals surface area (Å²) in [5.41, 5.74) is -0.425. The molecule has 1 aliphatic rings. The third-order valence-electron chi connectivity index (χ3n) is 2.62. The van der Waals surface area contributed by atoms with Crippen molar-refractivity contribution in [3.8, 4) is 0 Å². The first kappa shape index (κ1) is 14.0. The highest BCUT2D eigenvalue weighted by Crippen LogP contribution is 2.38. The molecule has 0 spiro atoms. The normalized spacial score (nSPS) is 15.4. The van der Waals surface area contributed by atoms with Crippen LogP contribution in [0.2, 0.25) is 0 Å². The van der Waals surface area contributed by atoms with E-state index in [1.807, 2.05) is 0 Å². The minimum absolute atomic E-state index is 0.229. The molecular weight excluding hydrogens is 331 g/mol. The Kier molecular flexibility index (Phi) is 3.66. The maximum atomic E-state index is 12.5. The number of rotatable bonds is 4. The monoisotopic (exact) mass is 339 g/mol. The third-order valence-corrected chi connectivity index (χ3v) is 3.05. The SMILES string of the molecule is O=[N+]([O-])c1cc(Br)cnc1N(CC(F)(F)F)C1CC1. The fourth-order valence-corrected chi connectivity index (χ4v) is 2.05. The predicted molar refractivity (Wildman–Crippen MR) is 65.0 cm³/mol. The van der Waals surface area contributed by atoms with E-state index in [0.717, 1.165) is 11.0 Å². The number of pyridine rings is 1. The van der Waals surface area contributed by atoms with Crippen LogP contribution in [0.5, 0.6) is 0 Å². The first-order valence-corrected chi connectivity index (χ1v) is 6.20. The molecule has 5 nitrogen and oxygen atoms in total. The summed E-state index contributed by atoms with van der Waals surface area (Å²) in [7, 11) is 0. The molecule has 0 unspecified atom stereocenters. The summed E-state index contributed by atoms with van der Waals surface area (Å²) in [6.45, 7) is -1.23. The van der Waals surface area contributed by atoms with E-state index in [1.54, 1.807) is 0 Å². The molecule has 0 atom stereocenters. The predicted octanol–water partition coefficient (Wildman–Crippen LogP) is 3.28. The fourth-order valence-electron chi connectivity index (χ4n) is 1.73. The number of hydrogen-bond acceptors (Lipinski definition) is 4. The molecule has 0 amide bonds. The lowest BCUT2D eigenvalue weighted by atomic mass is 10.3. The number of alkyl halides is 3. The summed E-state index contributed by atoms with van der Waals surface area (Å²) in [6, 6.07) is 0.836. The molecule has 2 rings (SSSR count). The highest BCUT2D eigenvalue weighted by Gasteiger charge is 2.41. The van der Waals surface area contributed by atoms with Gasteiger partial charge in [-0.1, -0.05) is 0 Å². The van der Waals surface area contributed by atoms with Crippen LogP contribution in [-0.2, 0) is 0 Å². The van der Waals surface area contributed by atoms with Crippen LogP contribution < -0.4 is 4.90 Å². The summed E-state index contributed by atoms with van der Waals surface area (Å²) in [5, 5.41) is 10.9. The lowest BCUT2D eigenvalue weighted by Gasteiger charge is -2.24. The molecule has 0 radical (unpaired) electrons.